The molecule has 3 nitrogen and oxygen atoms in total. The predicted molar refractivity (Wildman–Crippen MR) is 72.8 cm³/mol. The van der Waals surface area contributed by atoms with Crippen molar-refractivity contribution in [2.45, 2.75) is 32.4 Å². The number of amidine groups is 1. The highest BCUT2D eigenvalue weighted by atomic mass is 32.2. The number of hydrogen-bond acceptors (Lipinski definition) is 3. The molecule has 1 saturated heterocycles. The van der Waals surface area contributed by atoms with E-state index in [0.29, 0.717) is 5.17 Å². The first-order chi connectivity index (χ1) is 8.10. The first-order valence-electron chi connectivity index (χ1n) is 5.73. The number of rotatable bonds is 2. The maximum absolute atomic E-state index is 11.5. The zero-order valence-corrected chi connectivity index (χ0v) is 11.1. The smallest absolute Gasteiger partial charge is 0.239 e. The molecule has 1 aliphatic rings. The molecule has 0 spiro atoms. The molecule has 1 aromatic rings. The van der Waals surface area contributed by atoms with Crippen LogP contribution in [-0.4, -0.2) is 16.3 Å². The van der Waals surface area contributed by atoms with Crippen molar-refractivity contribution in [3.63, 3.8) is 0 Å². The van der Waals surface area contributed by atoms with Crippen LogP contribution in [0.2, 0.25) is 0 Å². The summed E-state index contributed by atoms with van der Waals surface area (Å²) in [4.78, 5) is 16.0. The molecule has 1 aliphatic heterocycles. The number of carbonyl (C=O) groups is 1. The summed E-state index contributed by atoms with van der Waals surface area (Å²) in [6.45, 7) is 6.15. The fourth-order valence-corrected chi connectivity index (χ4v) is 2.56. The number of amides is 1. The van der Waals surface area contributed by atoms with Crippen LogP contribution >= 0.6 is 11.8 Å². The molecule has 1 fully saturated rings. The molecule has 1 amide bonds. The van der Waals surface area contributed by atoms with Gasteiger partial charge < -0.3 is 5.32 Å². The molecule has 0 saturated carbocycles. The number of nitrogens with one attached hydrogen (secondary N) is 1. The number of aryl methyl sites for hydroxylation is 2. The van der Waals surface area contributed by atoms with Gasteiger partial charge in [-0.25, -0.2) is 4.99 Å². The second-order valence-electron chi connectivity index (χ2n) is 4.19. The molecular weight excluding hydrogens is 232 g/mol. The monoisotopic (exact) mass is 248 g/mol. The van der Waals surface area contributed by atoms with E-state index in [4.69, 9.17) is 0 Å². The van der Waals surface area contributed by atoms with Gasteiger partial charge in [0.25, 0.3) is 0 Å². The quantitative estimate of drug-likeness (QED) is 0.874. The number of benzene rings is 1. The van der Waals surface area contributed by atoms with E-state index in [2.05, 4.69) is 24.2 Å². The number of hydrogen-bond donors (Lipinski definition) is 1. The van der Waals surface area contributed by atoms with Gasteiger partial charge in [-0.15, -0.1) is 0 Å². The molecule has 0 aliphatic carbocycles. The van der Waals surface area contributed by atoms with Crippen LogP contribution in [-0.2, 0) is 4.79 Å². The Morgan fingerprint density at radius 3 is 2.71 bits per heavy atom. The zero-order valence-electron chi connectivity index (χ0n) is 10.3. The SMILES string of the molecule is CC[C@@H]1SC(=Nc2ccc(C)c(C)c2)NC1=O. The van der Waals surface area contributed by atoms with Crippen molar-refractivity contribution in [2.24, 2.45) is 4.99 Å². The molecule has 4 heteroatoms. The third-order valence-corrected chi connectivity index (χ3v) is 4.12. The highest BCUT2D eigenvalue weighted by molar-refractivity contribution is 8.15. The van der Waals surface area contributed by atoms with Crippen LogP contribution in [0.4, 0.5) is 5.69 Å². The van der Waals surface area contributed by atoms with Gasteiger partial charge in [0.2, 0.25) is 5.91 Å². The van der Waals surface area contributed by atoms with Gasteiger partial charge in [0.05, 0.1) is 10.9 Å². The molecule has 1 aromatic carbocycles. The van der Waals surface area contributed by atoms with Crippen LogP contribution in [0.3, 0.4) is 0 Å². The molecule has 1 heterocycles. The van der Waals surface area contributed by atoms with Crippen molar-refractivity contribution < 1.29 is 4.79 Å². The second-order valence-corrected chi connectivity index (χ2v) is 5.38. The van der Waals surface area contributed by atoms with Gasteiger partial charge in [0.1, 0.15) is 0 Å². The van der Waals surface area contributed by atoms with E-state index < -0.39 is 0 Å². The lowest BCUT2D eigenvalue weighted by Crippen LogP contribution is -2.24. The van der Waals surface area contributed by atoms with Gasteiger partial charge in [-0.05, 0) is 43.5 Å². The minimum absolute atomic E-state index is 0.0142. The highest BCUT2D eigenvalue weighted by Crippen LogP contribution is 2.25. The lowest BCUT2D eigenvalue weighted by molar-refractivity contribution is -0.118. The molecule has 1 N–H and O–H groups in total. The fourth-order valence-electron chi connectivity index (χ4n) is 1.64. The van der Waals surface area contributed by atoms with Crippen molar-refractivity contribution in [3.05, 3.63) is 29.3 Å². The van der Waals surface area contributed by atoms with Crippen LogP contribution in [0.15, 0.2) is 23.2 Å². The Balaban J connectivity index is 2.20. The fraction of sp³-hybridized carbons (Fsp3) is 0.385. The van der Waals surface area contributed by atoms with E-state index >= 15 is 0 Å². The molecule has 17 heavy (non-hydrogen) atoms. The average molecular weight is 248 g/mol. The molecule has 2 rings (SSSR count). The lowest BCUT2D eigenvalue weighted by Gasteiger charge is -2.01. The van der Waals surface area contributed by atoms with Gasteiger partial charge in [-0.3, -0.25) is 4.79 Å². The first kappa shape index (κ1) is 12.2. The molecule has 0 unspecified atom stereocenters. The number of thioether (sulfide) groups is 1. The Hall–Kier alpha value is -1.29. The topological polar surface area (TPSA) is 41.5 Å². The van der Waals surface area contributed by atoms with Crippen molar-refractivity contribution in [3.8, 4) is 0 Å². The first-order valence-corrected chi connectivity index (χ1v) is 6.61. The maximum atomic E-state index is 11.5. The number of nitrogens with zero attached hydrogens (tertiary/aromatic N) is 1. The predicted octanol–water partition coefficient (Wildman–Crippen LogP) is 2.93. The normalized spacial score (nSPS) is 21.9. The van der Waals surface area contributed by atoms with E-state index in [1.165, 1.54) is 22.9 Å². The summed E-state index contributed by atoms with van der Waals surface area (Å²) in [6.07, 6.45) is 0.836. The van der Waals surface area contributed by atoms with E-state index in [-0.39, 0.29) is 11.2 Å². The van der Waals surface area contributed by atoms with Gasteiger partial charge in [-0.2, -0.15) is 0 Å². The Kier molecular flexibility index (Phi) is 3.52. The van der Waals surface area contributed by atoms with Crippen LogP contribution in [0.5, 0.6) is 0 Å². The van der Waals surface area contributed by atoms with Crippen molar-refractivity contribution in [1.82, 2.24) is 5.32 Å². The number of aliphatic imine (C=N–C) groups is 1. The molecule has 0 radical (unpaired) electrons. The Labute approximate surface area is 106 Å². The summed E-state index contributed by atoms with van der Waals surface area (Å²) in [5.41, 5.74) is 3.37. The molecule has 0 bridgehead atoms. The van der Waals surface area contributed by atoms with E-state index in [0.717, 1.165) is 12.1 Å². The van der Waals surface area contributed by atoms with E-state index in [1.807, 2.05) is 25.1 Å². The summed E-state index contributed by atoms with van der Waals surface area (Å²) in [5.74, 6) is 0.0695. The lowest BCUT2D eigenvalue weighted by atomic mass is 10.1. The standard InChI is InChI=1S/C13H16N2OS/c1-4-11-12(16)15-13(17-11)14-10-6-5-8(2)9(3)7-10/h5-7,11H,4H2,1-3H3,(H,14,15,16)/t11-/m0/s1. The molecule has 1 atom stereocenters. The molecule has 90 valence electrons. The Morgan fingerprint density at radius 1 is 1.35 bits per heavy atom. The van der Waals surface area contributed by atoms with Crippen LogP contribution in [0.25, 0.3) is 0 Å². The van der Waals surface area contributed by atoms with Crippen LogP contribution in [0.1, 0.15) is 24.5 Å². The van der Waals surface area contributed by atoms with Crippen molar-refractivity contribution in [1.29, 1.82) is 0 Å². The largest absolute Gasteiger partial charge is 0.304 e. The third kappa shape index (κ3) is 2.69. The average Bonchev–Trinajstić information content (AvgIpc) is 2.64. The van der Waals surface area contributed by atoms with Crippen LogP contribution < -0.4 is 5.32 Å². The maximum Gasteiger partial charge on any atom is 0.239 e. The summed E-state index contributed by atoms with van der Waals surface area (Å²) in [6, 6.07) is 6.06. The van der Waals surface area contributed by atoms with Gasteiger partial charge in [-0.1, -0.05) is 24.8 Å². The van der Waals surface area contributed by atoms with Gasteiger partial charge in [0, 0.05) is 0 Å². The van der Waals surface area contributed by atoms with Gasteiger partial charge in [0.15, 0.2) is 5.17 Å². The summed E-state index contributed by atoms with van der Waals surface area (Å²) in [5, 5.41) is 3.54. The van der Waals surface area contributed by atoms with E-state index in [9.17, 15) is 4.79 Å². The minimum atomic E-state index is 0.0142. The summed E-state index contributed by atoms with van der Waals surface area (Å²) >= 11 is 1.51. The third-order valence-electron chi connectivity index (χ3n) is 2.87. The molecular formula is C13H16N2OS. The van der Waals surface area contributed by atoms with Crippen molar-refractivity contribution >= 4 is 28.5 Å². The second kappa shape index (κ2) is 4.92. The molecule has 0 aromatic heterocycles. The van der Waals surface area contributed by atoms with Crippen molar-refractivity contribution in [2.75, 3.05) is 0 Å². The zero-order chi connectivity index (χ0) is 12.4. The highest BCUT2D eigenvalue weighted by Gasteiger charge is 2.28. The summed E-state index contributed by atoms with van der Waals surface area (Å²) in [7, 11) is 0. The van der Waals surface area contributed by atoms with Gasteiger partial charge >= 0.3 is 0 Å². The van der Waals surface area contributed by atoms with Crippen LogP contribution in [0, 0.1) is 13.8 Å². The van der Waals surface area contributed by atoms with E-state index in [1.54, 1.807) is 0 Å². The number of carbonyl (C=O) groups excluding carboxylic acids is 1. The Bertz CT molecular complexity index is 482. The Morgan fingerprint density at radius 2 is 2.12 bits per heavy atom. The summed E-state index contributed by atoms with van der Waals surface area (Å²) < 4.78 is 0. The minimum Gasteiger partial charge on any atom is -0.304 e.